The maximum atomic E-state index is 11.6. The number of carbonyl (C=O) groups is 1. The summed E-state index contributed by atoms with van der Waals surface area (Å²) in [6.45, 7) is 0. The van der Waals surface area contributed by atoms with Crippen LogP contribution in [0.15, 0.2) is 11.6 Å². The van der Waals surface area contributed by atoms with E-state index in [9.17, 15) is 9.90 Å². The summed E-state index contributed by atoms with van der Waals surface area (Å²) in [5, 5.41) is 14.7. The molecule has 0 spiro atoms. The molecule has 1 saturated carbocycles. The van der Waals surface area contributed by atoms with Crippen molar-refractivity contribution >= 4 is 17.2 Å². The highest BCUT2D eigenvalue weighted by Gasteiger charge is 2.25. The molecule has 0 saturated heterocycles. The number of carbonyl (C=O) groups excluding carboxylic acids is 1. The summed E-state index contributed by atoms with van der Waals surface area (Å²) in [6, 6.07) is -0.102. The molecule has 0 bridgehead atoms. The van der Waals surface area contributed by atoms with Gasteiger partial charge in [-0.1, -0.05) is 12.8 Å². The molecule has 1 amide bonds. The van der Waals surface area contributed by atoms with Gasteiger partial charge in [0.15, 0.2) is 5.01 Å². The third kappa shape index (κ3) is 2.54. The number of hydrogen-bond donors (Lipinski definition) is 2. The van der Waals surface area contributed by atoms with Crippen LogP contribution in [0, 0.1) is 0 Å². The number of thiazole rings is 1. The van der Waals surface area contributed by atoms with Gasteiger partial charge in [-0.15, -0.1) is 11.3 Å². The molecule has 2 rings (SSSR count). The van der Waals surface area contributed by atoms with Gasteiger partial charge >= 0.3 is 0 Å². The first-order valence-electron chi connectivity index (χ1n) is 5.16. The fourth-order valence-electron chi connectivity index (χ4n) is 1.85. The Balaban J connectivity index is 1.93. The standard InChI is InChI=1S/C10H14N2O2S/c13-8-4-2-1-3-7(8)12-9(14)10-11-5-6-15-10/h5-8,13H,1-4H2,(H,12,14). The Hall–Kier alpha value is -0.940. The molecule has 5 heteroatoms. The van der Waals surface area contributed by atoms with Crippen LogP contribution in [0.4, 0.5) is 0 Å². The number of nitrogens with zero attached hydrogens (tertiary/aromatic N) is 1. The highest BCUT2D eigenvalue weighted by Crippen LogP contribution is 2.18. The molecule has 82 valence electrons. The van der Waals surface area contributed by atoms with E-state index < -0.39 is 6.10 Å². The molecule has 0 aromatic carbocycles. The largest absolute Gasteiger partial charge is 0.391 e. The zero-order chi connectivity index (χ0) is 10.7. The van der Waals surface area contributed by atoms with Gasteiger partial charge in [-0.2, -0.15) is 0 Å². The Morgan fingerprint density at radius 1 is 1.53 bits per heavy atom. The summed E-state index contributed by atoms with van der Waals surface area (Å²) >= 11 is 1.32. The van der Waals surface area contributed by atoms with Crippen molar-refractivity contribution in [2.75, 3.05) is 0 Å². The van der Waals surface area contributed by atoms with Gasteiger partial charge in [-0.3, -0.25) is 4.79 Å². The zero-order valence-electron chi connectivity index (χ0n) is 8.35. The van der Waals surface area contributed by atoms with Crippen molar-refractivity contribution in [2.24, 2.45) is 0 Å². The lowest BCUT2D eigenvalue weighted by molar-refractivity contribution is 0.0717. The van der Waals surface area contributed by atoms with E-state index in [1.165, 1.54) is 11.3 Å². The molecule has 1 aromatic heterocycles. The molecule has 1 aromatic rings. The van der Waals surface area contributed by atoms with Gasteiger partial charge in [0.05, 0.1) is 12.1 Å². The zero-order valence-corrected chi connectivity index (χ0v) is 9.17. The van der Waals surface area contributed by atoms with Crippen molar-refractivity contribution < 1.29 is 9.90 Å². The van der Waals surface area contributed by atoms with Crippen LogP contribution in [0.3, 0.4) is 0 Å². The van der Waals surface area contributed by atoms with Crippen molar-refractivity contribution in [3.8, 4) is 0 Å². The third-order valence-electron chi connectivity index (χ3n) is 2.67. The van der Waals surface area contributed by atoms with Crippen LogP contribution in [0.2, 0.25) is 0 Å². The minimum atomic E-state index is -0.400. The normalized spacial score (nSPS) is 26.2. The summed E-state index contributed by atoms with van der Waals surface area (Å²) in [6.07, 6.45) is 4.96. The molecule has 1 aliphatic carbocycles. The highest BCUT2D eigenvalue weighted by atomic mass is 32.1. The number of nitrogens with one attached hydrogen (secondary N) is 1. The van der Waals surface area contributed by atoms with Crippen molar-refractivity contribution in [2.45, 2.75) is 37.8 Å². The predicted molar refractivity (Wildman–Crippen MR) is 57.8 cm³/mol. The molecular weight excluding hydrogens is 212 g/mol. The predicted octanol–water partition coefficient (Wildman–Crippen LogP) is 1.18. The Labute approximate surface area is 92.3 Å². The molecule has 1 aliphatic rings. The lowest BCUT2D eigenvalue weighted by Gasteiger charge is -2.27. The molecule has 1 fully saturated rings. The average Bonchev–Trinajstić information content (AvgIpc) is 2.74. The smallest absolute Gasteiger partial charge is 0.280 e. The first kappa shape index (κ1) is 10.6. The average molecular weight is 226 g/mol. The molecule has 2 atom stereocenters. The van der Waals surface area contributed by atoms with E-state index in [-0.39, 0.29) is 11.9 Å². The molecule has 2 N–H and O–H groups in total. The monoisotopic (exact) mass is 226 g/mol. The van der Waals surface area contributed by atoms with Crippen LogP contribution in [0.25, 0.3) is 0 Å². The van der Waals surface area contributed by atoms with E-state index in [1.807, 2.05) is 0 Å². The maximum Gasteiger partial charge on any atom is 0.280 e. The van der Waals surface area contributed by atoms with Gasteiger partial charge in [0.25, 0.3) is 5.91 Å². The summed E-state index contributed by atoms with van der Waals surface area (Å²) in [5.41, 5.74) is 0. The van der Waals surface area contributed by atoms with Crippen LogP contribution >= 0.6 is 11.3 Å². The summed E-state index contributed by atoms with van der Waals surface area (Å²) in [4.78, 5) is 15.6. The summed E-state index contributed by atoms with van der Waals surface area (Å²) in [7, 11) is 0. The fourth-order valence-corrected chi connectivity index (χ4v) is 2.38. The van der Waals surface area contributed by atoms with Crippen LogP contribution in [0.1, 0.15) is 35.5 Å². The van der Waals surface area contributed by atoms with E-state index >= 15 is 0 Å². The second kappa shape index (κ2) is 4.72. The number of aliphatic hydroxyl groups is 1. The van der Waals surface area contributed by atoms with Crippen LogP contribution in [-0.2, 0) is 0 Å². The lowest BCUT2D eigenvalue weighted by atomic mass is 9.92. The molecular formula is C10H14N2O2S. The van der Waals surface area contributed by atoms with Gasteiger partial charge in [-0.25, -0.2) is 4.98 Å². The van der Waals surface area contributed by atoms with E-state index in [0.29, 0.717) is 5.01 Å². The first-order valence-corrected chi connectivity index (χ1v) is 6.04. The van der Waals surface area contributed by atoms with Crippen molar-refractivity contribution in [3.05, 3.63) is 16.6 Å². The second-order valence-corrected chi connectivity index (χ2v) is 4.66. The van der Waals surface area contributed by atoms with E-state index in [1.54, 1.807) is 11.6 Å². The number of amides is 1. The summed E-state index contributed by atoms with van der Waals surface area (Å²) < 4.78 is 0. The quantitative estimate of drug-likeness (QED) is 0.796. The number of hydrogen-bond acceptors (Lipinski definition) is 4. The number of rotatable bonds is 2. The maximum absolute atomic E-state index is 11.6. The Morgan fingerprint density at radius 3 is 3.00 bits per heavy atom. The Bertz CT molecular complexity index is 326. The number of aromatic nitrogens is 1. The molecule has 0 radical (unpaired) electrons. The molecule has 0 aliphatic heterocycles. The van der Waals surface area contributed by atoms with E-state index in [2.05, 4.69) is 10.3 Å². The number of aliphatic hydroxyl groups excluding tert-OH is 1. The molecule has 1 heterocycles. The fraction of sp³-hybridized carbons (Fsp3) is 0.600. The first-order chi connectivity index (χ1) is 7.27. The van der Waals surface area contributed by atoms with Crippen molar-refractivity contribution in [1.82, 2.24) is 10.3 Å². The van der Waals surface area contributed by atoms with Gasteiger partial charge in [0.1, 0.15) is 0 Å². The lowest BCUT2D eigenvalue weighted by Crippen LogP contribution is -2.45. The van der Waals surface area contributed by atoms with E-state index in [0.717, 1.165) is 25.7 Å². The SMILES string of the molecule is O=C(NC1CCCCC1O)c1nccs1. The van der Waals surface area contributed by atoms with Crippen molar-refractivity contribution in [3.63, 3.8) is 0 Å². The topological polar surface area (TPSA) is 62.2 Å². The van der Waals surface area contributed by atoms with E-state index in [4.69, 9.17) is 0 Å². The van der Waals surface area contributed by atoms with Gasteiger partial charge < -0.3 is 10.4 Å². The molecule has 2 unspecified atom stereocenters. The third-order valence-corrected chi connectivity index (χ3v) is 3.44. The van der Waals surface area contributed by atoms with Crippen LogP contribution < -0.4 is 5.32 Å². The van der Waals surface area contributed by atoms with Crippen LogP contribution in [-0.4, -0.2) is 28.1 Å². The highest BCUT2D eigenvalue weighted by molar-refractivity contribution is 7.11. The van der Waals surface area contributed by atoms with Crippen LogP contribution in [0.5, 0.6) is 0 Å². The molecule has 4 nitrogen and oxygen atoms in total. The van der Waals surface area contributed by atoms with Crippen molar-refractivity contribution in [1.29, 1.82) is 0 Å². The Morgan fingerprint density at radius 2 is 2.33 bits per heavy atom. The van der Waals surface area contributed by atoms with Gasteiger partial charge in [0, 0.05) is 11.6 Å². The minimum absolute atomic E-state index is 0.102. The minimum Gasteiger partial charge on any atom is -0.391 e. The Kier molecular flexibility index (Phi) is 3.33. The summed E-state index contributed by atoms with van der Waals surface area (Å²) in [5.74, 6) is -0.170. The van der Waals surface area contributed by atoms with Gasteiger partial charge in [-0.05, 0) is 12.8 Å². The van der Waals surface area contributed by atoms with Gasteiger partial charge in [0.2, 0.25) is 0 Å². The molecule has 15 heavy (non-hydrogen) atoms. The second-order valence-electron chi connectivity index (χ2n) is 3.77.